The monoisotopic (exact) mass is 563 g/mol. The number of ketones is 2. The number of aliphatic hydroxyl groups excluding tert-OH is 1. The summed E-state index contributed by atoms with van der Waals surface area (Å²) in [6.07, 6.45) is -1.86. The number of amides is 1. The number of nitrogens with one attached hydrogen (secondary N) is 2. The molecule has 0 radical (unpaired) electrons. The van der Waals surface area contributed by atoms with Crippen molar-refractivity contribution in [3.05, 3.63) is 101 Å². The second-order valence-corrected chi connectivity index (χ2v) is 10.8. The van der Waals surface area contributed by atoms with Crippen LogP contribution in [0.4, 0.5) is 0 Å². The highest BCUT2D eigenvalue weighted by Gasteiger charge is 2.49. The van der Waals surface area contributed by atoms with Gasteiger partial charge in [0.25, 0.3) is 0 Å². The zero-order valence-electron chi connectivity index (χ0n) is 22.4. The Morgan fingerprint density at radius 3 is 2.40 bits per heavy atom. The highest BCUT2D eigenvalue weighted by Crippen LogP contribution is 2.33. The van der Waals surface area contributed by atoms with Crippen LogP contribution in [0.3, 0.4) is 0 Å². The Bertz CT molecular complexity index is 1380. The Labute approximate surface area is 238 Å². The maximum Gasteiger partial charge on any atom is 0.238 e. The van der Waals surface area contributed by atoms with Crippen molar-refractivity contribution >= 4 is 29.1 Å². The molecular weight excluding hydrogens is 530 g/mol. The fraction of sp³-hybridized carbons (Fsp3) is 0.323. The molecule has 1 heterocycles. The van der Waals surface area contributed by atoms with E-state index in [0.29, 0.717) is 11.1 Å². The van der Waals surface area contributed by atoms with E-state index in [1.54, 1.807) is 37.3 Å². The van der Waals surface area contributed by atoms with E-state index in [1.807, 2.05) is 31.2 Å². The molecule has 0 aliphatic carbocycles. The summed E-state index contributed by atoms with van der Waals surface area (Å²) in [5.74, 6) is -4.36. The van der Waals surface area contributed by atoms with Crippen molar-refractivity contribution in [3.8, 4) is 5.75 Å². The zero-order valence-corrected chi connectivity index (χ0v) is 23.1. The first kappa shape index (κ1) is 29.4. The van der Waals surface area contributed by atoms with Gasteiger partial charge in [0, 0.05) is 30.3 Å². The molecule has 0 bridgehead atoms. The molecule has 0 spiro atoms. The molecule has 1 amide bonds. The standard InChI is InChI=1S/C31H34ClN3O5/c1-17-9-6-7-12-20(17)15-35-31(40)27-24(22(32)16-34-27)29(38)30(39)25(26(33)19-10-4-3-5-11-19)28(37)21-13-8-14-23(36)18(21)2/h3-14,22,24-27,30,34,36,39H,15-16,33H2,1-2H3,(H,35,40)/t22-,24+,25?,26?,27+,30?/m1/s1. The van der Waals surface area contributed by atoms with Crippen molar-refractivity contribution in [2.75, 3.05) is 6.54 Å². The van der Waals surface area contributed by atoms with Gasteiger partial charge in [0.1, 0.15) is 11.9 Å². The van der Waals surface area contributed by atoms with Gasteiger partial charge >= 0.3 is 0 Å². The molecular formula is C31H34ClN3O5. The lowest BCUT2D eigenvalue weighted by Gasteiger charge is -2.30. The SMILES string of the molecule is Cc1ccccc1CNC(=O)[C@H]1NC[C@@H](Cl)[C@@H]1C(=O)C(O)C(C(=O)c1cccc(O)c1C)C(N)c1ccccc1. The van der Waals surface area contributed by atoms with Gasteiger partial charge in [-0.05, 0) is 36.6 Å². The Balaban J connectivity index is 1.62. The van der Waals surface area contributed by atoms with Crippen LogP contribution < -0.4 is 16.4 Å². The first-order chi connectivity index (χ1) is 19.1. The second kappa shape index (κ2) is 12.7. The summed E-state index contributed by atoms with van der Waals surface area (Å²) in [5, 5.41) is 26.8. The van der Waals surface area contributed by atoms with Crippen molar-refractivity contribution in [2.45, 2.75) is 44.0 Å². The van der Waals surface area contributed by atoms with Crippen LogP contribution in [0.2, 0.25) is 0 Å². The fourth-order valence-corrected chi connectivity index (χ4v) is 5.59. The molecule has 4 rings (SSSR count). The number of carbonyl (C=O) groups excluding carboxylic acids is 3. The third-order valence-electron chi connectivity index (χ3n) is 7.68. The van der Waals surface area contributed by atoms with E-state index in [-0.39, 0.29) is 24.4 Å². The number of nitrogens with two attached hydrogens (primary N) is 1. The van der Waals surface area contributed by atoms with Crippen molar-refractivity contribution < 1.29 is 24.6 Å². The van der Waals surface area contributed by atoms with Crippen LogP contribution in [-0.4, -0.2) is 51.8 Å². The van der Waals surface area contributed by atoms with Gasteiger partial charge in [0.15, 0.2) is 11.6 Å². The average molecular weight is 564 g/mol. The summed E-state index contributed by atoms with van der Waals surface area (Å²) in [6.45, 7) is 3.94. The third kappa shape index (κ3) is 6.10. The smallest absolute Gasteiger partial charge is 0.238 e. The van der Waals surface area contributed by atoms with E-state index < -0.39 is 52.9 Å². The number of phenols is 1. The molecule has 3 unspecified atom stereocenters. The minimum Gasteiger partial charge on any atom is -0.508 e. The number of hydrogen-bond donors (Lipinski definition) is 5. The van der Waals surface area contributed by atoms with Crippen molar-refractivity contribution in [1.29, 1.82) is 0 Å². The quantitative estimate of drug-likeness (QED) is 0.189. The summed E-state index contributed by atoms with van der Waals surface area (Å²) in [5.41, 5.74) is 9.48. The summed E-state index contributed by atoms with van der Waals surface area (Å²) in [7, 11) is 0. The molecule has 3 aromatic carbocycles. The normalized spacial score (nSPS) is 20.9. The number of aryl methyl sites for hydroxylation is 1. The number of carbonyl (C=O) groups is 3. The lowest BCUT2D eigenvalue weighted by atomic mass is 9.77. The highest BCUT2D eigenvalue weighted by atomic mass is 35.5. The number of Topliss-reactive ketones (excluding diaryl/α,β-unsaturated/α-hetero) is 2. The van der Waals surface area contributed by atoms with Crippen LogP contribution in [0.5, 0.6) is 5.75 Å². The molecule has 1 fully saturated rings. The first-order valence-corrected chi connectivity index (χ1v) is 13.6. The number of aliphatic hydroxyl groups is 1. The average Bonchev–Trinajstić information content (AvgIpc) is 3.35. The summed E-state index contributed by atoms with van der Waals surface area (Å²) in [6, 6.07) is 18.7. The predicted molar refractivity (Wildman–Crippen MR) is 153 cm³/mol. The van der Waals surface area contributed by atoms with Gasteiger partial charge in [0.2, 0.25) is 5.91 Å². The lowest BCUT2D eigenvalue weighted by molar-refractivity contribution is -0.137. The number of hydrogen-bond acceptors (Lipinski definition) is 7. The van der Waals surface area contributed by atoms with E-state index in [4.69, 9.17) is 17.3 Å². The molecule has 1 saturated heterocycles. The summed E-state index contributed by atoms with van der Waals surface area (Å²) in [4.78, 5) is 40.9. The number of rotatable bonds is 10. The van der Waals surface area contributed by atoms with E-state index in [0.717, 1.165) is 11.1 Å². The van der Waals surface area contributed by atoms with Crippen LogP contribution in [0.1, 0.15) is 38.7 Å². The molecule has 8 nitrogen and oxygen atoms in total. The van der Waals surface area contributed by atoms with E-state index in [9.17, 15) is 24.6 Å². The third-order valence-corrected chi connectivity index (χ3v) is 8.11. The number of alkyl halides is 1. The Morgan fingerprint density at radius 2 is 1.70 bits per heavy atom. The molecule has 1 aliphatic heterocycles. The molecule has 6 N–H and O–H groups in total. The fourth-order valence-electron chi connectivity index (χ4n) is 5.23. The lowest BCUT2D eigenvalue weighted by Crippen LogP contribution is -2.51. The largest absolute Gasteiger partial charge is 0.508 e. The summed E-state index contributed by atoms with van der Waals surface area (Å²) >= 11 is 6.52. The predicted octanol–water partition coefficient (Wildman–Crippen LogP) is 2.95. The van der Waals surface area contributed by atoms with Crippen LogP contribution in [-0.2, 0) is 16.1 Å². The van der Waals surface area contributed by atoms with Gasteiger partial charge in [-0.3, -0.25) is 14.4 Å². The maximum atomic E-state index is 13.9. The molecule has 210 valence electrons. The van der Waals surface area contributed by atoms with E-state index >= 15 is 0 Å². The van der Waals surface area contributed by atoms with Crippen LogP contribution >= 0.6 is 11.6 Å². The highest BCUT2D eigenvalue weighted by molar-refractivity contribution is 6.23. The number of phenolic OH excluding ortho intramolecular Hbond substituents is 1. The van der Waals surface area contributed by atoms with Crippen LogP contribution in [0.25, 0.3) is 0 Å². The van der Waals surface area contributed by atoms with Gasteiger partial charge in [0.05, 0.1) is 23.3 Å². The van der Waals surface area contributed by atoms with Crippen LogP contribution in [0, 0.1) is 25.7 Å². The molecule has 1 aliphatic rings. The number of benzene rings is 3. The Kier molecular flexibility index (Phi) is 9.37. The molecule has 0 aromatic heterocycles. The Morgan fingerprint density at radius 1 is 1.02 bits per heavy atom. The van der Waals surface area contributed by atoms with Crippen LogP contribution in [0.15, 0.2) is 72.8 Å². The van der Waals surface area contributed by atoms with Gasteiger partial charge in [-0.25, -0.2) is 0 Å². The molecule has 3 aromatic rings. The van der Waals surface area contributed by atoms with Gasteiger partial charge in [-0.2, -0.15) is 0 Å². The van der Waals surface area contributed by atoms with Gasteiger partial charge < -0.3 is 26.6 Å². The zero-order chi connectivity index (χ0) is 29.0. The number of aromatic hydroxyl groups is 1. The minimum absolute atomic E-state index is 0.0927. The topological polar surface area (TPSA) is 142 Å². The van der Waals surface area contributed by atoms with E-state index in [2.05, 4.69) is 10.6 Å². The molecule has 9 heteroatoms. The van der Waals surface area contributed by atoms with Crippen molar-refractivity contribution in [3.63, 3.8) is 0 Å². The molecule has 40 heavy (non-hydrogen) atoms. The second-order valence-electron chi connectivity index (χ2n) is 10.2. The van der Waals surface area contributed by atoms with E-state index in [1.165, 1.54) is 18.2 Å². The molecule has 0 saturated carbocycles. The van der Waals surface area contributed by atoms with Crippen molar-refractivity contribution in [1.82, 2.24) is 10.6 Å². The minimum atomic E-state index is -1.86. The molecule has 6 atom stereocenters. The Hall–Kier alpha value is -3.56. The number of halogens is 1. The maximum absolute atomic E-state index is 13.9. The first-order valence-electron chi connectivity index (χ1n) is 13.2. The van der Waals surface area contributed by atoms with Crippen molar-refractivity contribution in [2.24, 2.45) is 17.6 Å². The summed E-state index contributed by atoms with van der Waals surface area (Å²) < 4.78 is 0. The van der Waals surface area contributed by atoms with Gasteiger partial charge in [-0.15, -0.1) is 11.6 Å². The van der Waals surface area contributed by atoms with Gasteiger partial charge in [-0.1, -0.05) is 66.7 Å².